The maximum atomic E-state index is 12.9. The molecule has 0 spiro atoms. The highest BCUT2D eigenvalue weighted by Gasteiger charge is 2.34. The molecule has 1 saturated heterocycles. The fourth-order valence-electron chi connectivity index (χ4n) is 4.05. The first-order valence-electron chi connectivity index (χ1n) is 10.9. The van der Waals surface area contributed by atoms with Gasteiger partial charge >= 0.3 is 0 Å². The van der Waals surface area contributed by atoms with Gasteiger partial charge in [-0.25, -0.2) is 13.4 Å². The molecule has 9 nitrogen and oxygen atoms in total. The zero-order valence-corrected chi connectivity index (χ0v) is 19.7. The molecule has 1 aromatic heterocycles. The van der Waals surface area contributed by atoms with E-state index >= 15 is 0 Å². The third-order valence-electron chi connectivity index (χ3n) is 5.84. The van der Waals surface area contributed by atoms with Gasteiger partial charge in [-0.15, -0.1) is 0 Å². The summed E-state index contributed by atoms with van der Waals surface area (Å²) < 4.78 is 35.8. The van der Waals surface area contributed by atoms with Crippen LogP contribution >= 0.6 is 0 Å². The fraction of sp³-hybridized carbons (Fsp3) is 0.591. The van der Waals surface area contributed by atoms with E-state index in [0.717, 1.165) is 12.8 Å². The number of hydrogen-bond donors (Lipinski definition) is 0. The number of aryl methyl sites for hydroxylation is 1. The van der Waals surface area contributed by atoms with Crippen LogP contribution in [0.5, 0.6) is 11.5 Å². The standard InChI is InChI=1S/C22H31N3O6S/c1-4-5-10-25(16-8-11-32(28,29)14-16)21(26)7-6-9-24-15-23-18-13-20(31-3)19(30-2)12-17(18)22(24)27/h12-13,15-16H,4-11,14H2,1-3H3. The number of fused-ring (bicyclic) bond motifs is 1. The van der Waals surface area contributed by atoms with Gasteiger partial charge in [0.25, 0.3) is 5.56 Å². The van der Waals surface area contributed by atoms with Gasteiger partial charge in [-0.1, -0.05) is 13.3 Å². The van der Waals surface area contributed by atoms with Gasteiger partial charge in [-0.3, -0.25) is 14.2 Å². The highest BCUT2D eigenvalue weighted by molar-refractivity contribution is 7.91. The van der Waals surface area contributed by atoms with E-state index in [-0.39, 0.29) is 35.4 Å². The van der Waals surface area contributed by atoms with Crippen LogP contribution in [0.1, 0.15) is 39.0 Å². The predicted molar refractivity (Wildman–Crippen MR) is 122 cm³/mol. The Hall–Kier alpha value is -2.62. The summed E-state index contributed by atoms with van der Waals surface area (Å²) in [6.07, 6.45) is 4.44. The molecule has 3 rings (SSSR count). The number of ether oxygens (including phenoxy) is 2. The molecule has 1 amide bonds. The Kier molecular flexibility index (Phi) is 7.76. The van der Waals surface area contributed by atoms with Crippen LogP contribution in [0, 0.1) is 0 Å². The van der Waals surface area contributed by atoms with E-state index < -0.39 is 9.84 Å². The highest BCUT2D eigenvalue weighted by atomic mass is 32.2. The lowest BCUT2D eigenvalue weighted by Gasteiger charge is -2.28. The lowest BCUT2D eigenvalue weighted by molar-refractivity contribution is -0.133. The zero-order valence-electron chi connectivity index (χ0n) is 18.9. The molecule has 1 aliphatic heterocycles. The Bertz CT molecular complexity index is 1130. The number of rotatable bonds is 10. The minimum Gasteiger partial charge on any atom is -0.493 e. The lowest BCUT2D eigenvalue weighted by Crippen LogP contribution is -2.41. The van der Waals surface area contributed by atoms with Crippen molar-refractivity contribution in [3.63, 3.8) is 0 Å². The molecule has 0 saturated carbocycles. The quantitative estimate of drug-likeness (QED) is 0.528. The van der Waals surface area contributed by atoms with Crippen LogP contribution in [0.15, 0.2) is 23.3 Å². The second-order valence-corrected chi connectivity index (χ2v) is 10.3. The van der Waals surface area contributed by atoms with Gasteiger partial charge in [0.15, 0.2) is 21.3 Å². The van der Waals surface area contributed by atoms with E-state index in [1.54, 1.807) is 17.0 Å². The van der Waals surface area contributed by atoms with Gasteiger partial charge in [0.1, 0.15) is 0 Å². The summed E-state index contributed by atoms with van der Waals surface area (Å²) in [6.45, 7) is 2.94. The van der Waals surface area contributed by atoms with Crippen LogP contribution in [0.2, 0.25) is 0 Å². The topological polar surface area (TPSA) is 108 Å². The van der Waals surface area contributed by atoms with E-state index in [1.807, 2.05) is 6.92 Å². The maximum Gasteiger partial charge on any atom is 0.261 e. The molecule has 2 aromatic rings. The number of unbranched alkanes of at least 4 members (excludes halogenated alkanes) is 1. The van der Waals surface area contributed by atoms with E-state index in [9.17, 15) is 18.0 Å². The predicted octanol–water partition coefficient (Wildman–Crippen LogP) is 2.01. The first kappa shape index (κ1) is 24.0. The molecule has 10 heteroatoms. The summed E-state index contributed by atoms with van der Waals surface area (Å²) in [4.78, 5) is 31.9. The molecule has 2 heterocycles. The van der Waals surface area contributed by atoms with Gasteiger partial charge < -0.3 is 14.4 Å². The molecule has 1 atom stereocenters. The molecular weight excluding hydrogens is 434 g/mol. The van der Waals surface area contributed by atoms with Crippen molar-refractivity contribution in [1.82, 2.24) is 14.5 Å². The first-order valence-corrected chi connectivity index (χ1v) is 12.7. The van der Waals surface area contributed by atoms with Crippen molar-refractivity contribution < 1.29 is 22.7 Å². The van der Waals surface area contributed by atoms with Crippen LogP contribution in [-0.4, -0.2) is 67.1 Å². The second kappa shape index (κ2) is 10.3. The molecule has 0 radical (unpaired) electrons. The number of amides is 1. The van der Waals surface area contributed by atoms with Crippen molar-refractivity contribution in [1.29, 1.82) is 0 Å². The number of carbonyl (C=O) groups is 1. The Morgan fingerprint density at radius 1 is 1.22 bits per heavy atom. The first-order chi connectivity index (χ1) is 15.3. The number of aromatic nitrogens is 2. The zero-order chi connectivity index (χ0) is 23.3. The average molecular weight is 466 g/mol. The molecule has 32 heavy (non-hydrogen) atoms. The number of nitrogens with zero attached hydrogens (tertiary/aromatic N) is 3. The van der Waals surface area contributed by atoms with Gasteiger partial charge in [-0.2, -0.15) is 0 Å². The third-order valence-corrected chi connectivity index (χ3v) is 7.59. The summed E-state index contributed by atoms with van der Waals surface area (Å²) in [5, 5.41) is 0.414. The van der Waals surface area contributed by atoms with Gasteiger partial charge in [0, 0.05) is 31.6 Å². The summed E-state index contributed by atoms with van der Waals surface area (Å²) in [7, 11) is -0.0420. The van der Waals surface area contributed by atoms with Crippen LogP contribution in [0.3, 0.4) is 0 Å². The Balaban J connectivity index is 1.69. The molecular formula is C22H31N3O6S. The van der Waals surface area contributed by atoms with Gasteiger partial charge in [0.05, 0.1) is 43.0 Å². The van der Waals surface area contributed by atoms with E-state index in [4.69, 9.17) is 9.47 Å². The second-order valence-electron chi connectivity index (χ2n) is 8.07. The minimum atomic E-state index is -3.07. The van der Waals surface area contributed by atoms with Crippen molar-refractivity contribution in [3.8, 4) is 11.5 Å². The number of benzene rings is 1. The van der Waals surface area contributed by atoms with Crippen LogP contribution < -0.4 is 15.0 Å². The molecule has 176 valence electrons. The molecule has 1 aliphatic rings. The minimum absolute atomic E-state index is 0.0435. The van der Waals surface area contributed by atoms with Crippen molar-refractivity contribution in [3.05, 3.63) is 28.8 Å². The summed E-state index contributed by atoms with van der Waals surface area (Å²) in [5.74, 6) is 1.07. The Morgan fingerprint density at radius 2 is 1.94 bits per heavy atom. The summed E-state index contributed by atoms with van der Waals surface area (Å²) in [5.41, 5.74) is 0.293. The largest absolute Gasteiger partial charge is 0.493 e. The van der Waals surface area contributed by atoms with Crippen molar-refractivity contribution in [2.75, 3.05) is 32.3 Å². The Labute approximate surface area is 188 Å². The van der Waals surface area contributed by atoms with Crippen molar-refractivity contribution >= 4 is 26.6 Å². The molecule has 0 bridgehead atoms. The van der Waals surface area contributed by atoms with Crippen LogP contribution in [0.4, 0.5) is 0 Å². The normalized spacial score (nSPS) is 17.4. The van der Waals surface area contributed by atoms with Gasteiger partial charge in [0.2, 0.25) is 5.91 Å². The smallest absolute Gasteiger partial charge is 0.261 e. The molecule has 0 N–H and O–H groups in total. The lowest BCUT2D eigenvalue weighted by atomic mass is 10.1. The molecule has 1 fully saturated rings. The van der Waals surface area contributed by atoms with E-state index in [2.05, 4.69) is 4.98 Å². The monoisotopic (exact) mass is 465 g/mol. The van der Waals surface area contributed by atoms with Gasteiger partial charge in [-0.05, 0) is 25.3 Å². The third kappa shape index (κ3) is 5.40. The van der Waals surface area contributed by atoms with Crippen LogP contribution in [0.25, 0.3) is 10.9 Å². The van der Waals surface area contributed by atoms with E-state index in [0.29, 0.717) is 48.3 Å². The number of carbonyl (C=O) groups excluding carboxylic acids is 1. The van der Waals surface area contributed by atoms with Crippen LogP contribution in [-0.2, 0) is 21.2 Å². The molecule has 1 aromatic carbocycles. The number of hydrogen-bond acceptors (Lipinski definition) is 7. The maximum absolute atomic E-state index is 12.9. The highest BCUT2D eigenvalue weighted by Crippen LogP contribution is 2.29. The number of sulfone groups is 1. The fourth-order valence-corrected chi connectivity index (χ4v) is 5.78. The SMILES string of the molecule is CCCCN(C(=O)CCCn1cnc2cc(OC)c(OC)cc2c1=O)C1CCS(=O)(=O)C1. The molecule has 1 unspecified atom stereocenters. The van der Waals surface area contributed by atoms with Crippen molar-refractivity contribution in [2.24, 2.45) is 0 Å². The van der Waals surface area contributed by atoms with E-state index in [1.165, 1.54) is 25.1 Å². The average Bonchev–Trinajstić information content (AvgIpc) is 3.14. The summed E-state index contributed by atoms with van der Waals surface area (Å²) in [6, 6.07) is 3.02. The summed E-state index contributed by atoms with van der Waals surface area (Å²) >= 11 is 0. The van der Waals surface area contributed by atoms with Crippen molar-refractivity contribution in [2.45, 2.75) is 51.6 Å². The Morgan fingerprint density at radius 3 is 2.56 bits per heavy atom. The number of methoxy groups -OCH3 is 2. The molecule has 0 aliphatic carbocycles.